The van der Waals surface area contributed by atoms with Crippen LogP contribution in [-0.2, 0) is 16.1 Å². The Labute approximate surface area is 122 Å². The maximum Gasteiger partial charge on any atom is 0.320 e. The number of esters is 1. The Morgan fingerprint density at radius 3 is 3.10 bits per heavy atom. The number of carbonyl (C=O) groups excluding carboxylic acids is 1. The first kappa shape index (κ1) is 15.0. The second-order valence-corrected chi connectivity index (χ2v) is 4.26. The monoisotopic (exact) mass is 291 g/mol. The van der Waals surface area contributed by atoms with Crippen LogP contribution in [0.1, 0.15) is 12.7 Å². The van der Waals surface area contributed by atoms with Crippen molar-refractivity contribution in [3.05, 3.63) is 36.9 Å². The Hall–Kier alpha value is -2.41. The van der Waals surface area contributed by atoms with E-state index >= 15 is 0 Å². The summed E-state index contributed by atoms with van der Waals surface area (Å²) in [5, 5.41) is 3.87. The van der Waals surface area contributed by atoms with Gasteiger partial charge in [0.15, 0.2) is 11.6 Å². The van der Waals surface area contributed by atoms with E-state index in [1.165, 1.54) is 6.26 Å². The largest absolute Gasteiger partial charge is 0.465 e. The van der Waals surface area contributed by atoms with Gasteiger partial charge in [-0.2, -0.15) is 4.98 Å². The molecule has 0 fully saturated rings. The lowest BCUT2D eigenvalue weighted by Crippen LogP contribution is -2.31. The minimum Gasteiger partial charge on any atom is -0.465 e. The molecule has 21 heavy (non-hydrogen) atoms. The maximum absolute atomic E-state index is 11.5. The molecule has 0 N–H and O–H groups in total. The molecular weight excluding hydrogens is 274 g/mol. The van der Waals surface area contributed by atoms with Gasteiger partial charge >= 0.3 is 5.97 Å². The number of rotatable bonds is 8. The van der Waals surface area contributed by atoms with Crippen molar-refractivity contribution in [3.63, 3.8) is 0 Å². The third kappa shape index (κ3) is 4.28. The average Bonchev–Trinajstić information content (AvgIpc) is 3.09. The van der Waals surface area contributed by atoms with Crippen molar-refractivity contribution in [1.82, 2.24) is 15.0 Å². The normalized spacial score (nSPS) is 10.8. The van der Waals surface area contributed by atoms with Crippen molar-refractivity contribution in [2.45, 2.75) is 13.5 Å². The van der Waals surface area contributed by atoms with Gasteiger partial charge in [0.05, 0.1) is 26.0 Å². The Balaban J connectivity index is 1.99. The molecule has 0 saturated carbocycles. The van der Waals surface area contributed by atoms with Gasteiger partial charge in [-0.1, -0.05) is 11.2 Å². The number of hydrogen-bond donors (Lipinski definition) is 0. The summed E-state index contributed by atoms with van der Waals surface area (Å²) < 4.78 is 15.2. The molecule has 0 saturated heterocycles. The number of ether oxygens (including phenoxy) is 1. The predicted molar refractivity (Wildman–Crippen MR) is 74.1 cm³/mol. The molecule has 2 rings (SSSR count). The van der Waals surface area contributed by atoms with Crippen molar-refractivity contribution < 1.29 is 18.5 Å². The molecule has 7 nitrogen and oxygen atoms in total. The van der Waals surface area contributed by atoms with Crippen molar-refractivity contribution >= 4 is 5.97 Å². The molecule has 0 aliphatic carbocycles. The molecule has 0 aliphatic heterocycles. The van der Waals surface area contributed by atoms with Crippen LogP contribution >= 0.6 is 0 Å². The zero-order valence-corrected chi connectivity index (χ0v) is 11.8. The molecule has 2 heterocycles. The van der Waals surface area contributed by atoms with Crippen LogP contribution in [0.2, 0.25) is 0 Å². The van der Waals surface area contributed by atoms with E-state index in [2.05, 4.69) is 16.7 Å². The fourth-order valence-corrected chi connectivity index (χ4v) is 1.78. The summed E-state index contributed by atoms with van der Waals surface area (Å²) in [7, 11) is 0. The van der Waals surface area contributed by atoms with Gasteiger partial charge in [-0.05, 0) is 19.1 Å². The second-order valence-electron chi connectivity index (χ2n) is 4.26. The third-order valence-electron chi connectivity index (χ3n) is 2.61. The third-order valence-corrected chi connectivity index (χ3v) is 2.61. The number of hydrogen-bond acceptors (Lipinski definition) is 7. The highest BCUT2D eigenvalue weighted by molar-refractivity contribution is 5.71. The van der Waals surface area contributed by atoms with Gasteiger partial charge in [-0.3, -0.25) is 9.69 Å². The van der Waals surface area contributed by atoms with Crippen LogP contribution in [0.25, 0.3) is 11.7 Å². The average molecular weight is 291 g/mol. The summed E-state index contributed by atoms with van der Waals surface area (Å²) in [5.41, 5.74) is 0. The minimum atomic E-state index is -0.297. The highest BCUT2D eigenvalue weighted by Gasteiger charge is 2.16. The van der Waals surface area contributed by atoms with Crippen LogP contribution in [-0.4, -0.2) is 40.7 Å². The van der Waals surface area contributed by atoms with Gasteiger partial charge in [0.25, 0.3) is 5.89 Å². The lowest BCUT2D eigenvalue weighted by molar-refractivity contribution is -0.144. The summed E-state index contributed by atoms with van der Waals surface area (Å²) >= 11 is 0. The van der Waals surface area contributed by atoms with Crippen molar-refractivity contribution in [2.24, 2.45) is 0 Å². The van der Waals surface area contributed by atoms with Gasteiger partial charge in [-0.25, -0.2) is 0 Å². The Morgan fingerprint density at radius 1 is 1.57 bits per heavy atom. The van der Waals surface area contributed by atoms with Crippen molar-refractivity contribution in [1.29, 1.82) is 0 Å². The van der Waals surface area contributed by atoms with Crippen LogP contribution in [0.4, 0.5) is 0 Å². The Bertz CT molecular complexity index is 577. The molecule has 0 atom stereocenters. The number of furan rings is 1. The zero-order chi connectivity index (χ0) is 15.1. The summed E-state index contributed by atoms with van der Waals surface area (Å²) in [4.78, 5) is 17.6. The Kier molecular flexibility index (Phi) is 5.28. The number of nitrogens with zero attached hydrogens (tertiary/aromatic N) is 3. The fourth-order valence-electron chi connectivity index (χ4n) is 1.78. The van der Waals surface area contributed by atoms with E-state index in [9.17, 15) is 4.79 Å². The van der Waals surface area contributed by atoms with E-state index in [0.29, 0.717) is 37.2 Å². The van der Waals surface area contributed by atoms with Gasteiger partial charge in [0.1, 0.15) is 0 Å². The van der Waals surface area contributed by atoms with Crippen molar-refractivity contribution in [3.8, 4) is 11.7 Å². The molecule has 112 valence electrons. The van der Waals surface area contributed by atoms with E-state index in [0.717, 1.165) is 0 Å². The summed E-state index contributed by atoms with van der Waals surface area (Å²) in [5.74, 6) is 0.987. The molecule has 0 aliphatic rings. The highest BCUT2D eigenvalue weighted by Crippen LogP contribution is 2.17. The smallest absolute Gasteiger partial charge is 0.320 e. The SMILES string of the molecule is C=CCN(CC(=O)OCC)Cc1noc(-c2ccco2)n1. The Morgan fingerprint density at radius 2 is 2.43 bits per heavy atom. The number of carbonyl (C=O) groups is 1. The lowest BCUT2D eigenvalue weighted by Gasteiger charge is -2.17. The lowest BCUT2D eigenvalue weighted by atomic mass is 10.4. The molecule has 0 bridgehead atoms. The van der Waals surface area contributed by atoms with Gasteiger partial charge < -0.3 is 13.7 Å². The summed E-state index contributed by atoms with van der Waals surface area (Å²) in [6.45, 7) is 6.81. The van der Waals surface area contributed by atoms with Gasteiger partial charge in [0, 0.05) is 6.54 Å². The molecule has 0 amide bonds. The van der Waals surface area contributed by atoms with Crippen LogP contribution in [0, 0.1) is 0 Å². The minimum absolute atomic E-state index is 0.143. The molecule has 2 aromatic heterocycles. The van der Waals surface area contributed by atoms with Gasteiger partial charge in [0.2, 0.25) is 0 Å². The summed E-state index contributed by atoms with van der Waals surface area (Å²) in [6, 6.07) is 3.47. The van der Waals surface area contributed by atoms with Crippen LogP contribution in [0.15, 0.2) is 40.0 Å². The first-order valence-electron chi connectivity index (χ1n) is 6.58. The van der Waals surface area contributed by atoms with E-state index < -0.39 is 0 Å². The zero-order valence-electron chi connectivity index (χ0n) is 11.8. The molecular formula is C14H17N3O4. The molecule has 2 aromatic rings. The van der Waals surface area contributed by atoms with E-state index in [-0.39, 0.29) is 12.5 Å². The molecule has 0 unspecified atom stereocenters. The van der Waals surface area contributed by atoms with E-state index in [4.69, 9.17) is 13.7 Å². The molecule has 0 spiro atoms. The van der Waals surface area contributed by atoms with Crippen molar-refractivity contribution in [2.75, 3.05) is 19.7 Å². The number of aromatic nitrogens is 2. The molecule has 0 radical (unpaired) electrons. The van der Waals surface area contributed by atoms with E-state index in [1.54, 1.807) is 25.1 Å². The van der Waals surface area contributed by atoms with Crippen LogP contribution in [0.3, 0.4) is 0 Å². The quantitative estimate of drug-likeness (QED) is 0.542. The highest BCUT2D eigenvalue weighted by atomic mass is 16.5. The van der Waals surface area contributed by atoms with E-state index in [1.807, 2.05) is 4.90 Å². The molecule has 7 heteroatoms. The van der Waals surface area contributed by atoms with Gasteiger partial charge in [-0.15, -0.1) is 6.58 Å². The second kappa shape index (κ2) is 7.39. The van der Waals surface area contributed by atoms with Crippen LogP contribution < -0.4 is 0 Å². The standard InChI is InChI=1S/C14H17N3O4/c1-3-7-17(10-13(18)19-4-2)9-12-15-14(21-16-12)11-6-5-8-20-11/h3,5-6,8H,1,4,7,9-10H2,2H3. The molecule has 0 aromatic carbocycles. The van der Waals surface area contributed by atoms with Crippen LogP contribution in [0.5, 0.6) is 0 Å². The first-order chi connectivity index (χ1) is 10.2. The predicted octanol–water partition coefficient (Wildman–Crippen LogP) is 1.88. The maximum atomic E-state index is 11.5. The fraction of sp³-hybridized carbons (Fsp3) is 0.357. The topological polar surface area (TPSA) is 81.6 Å². The first-order valence-corrected chi connectivity index (χ1v) is 6.58. The summed E-state index contributed by atoms with van der Waals surface area (Å²) in [6.07, 6.45) is 3.23.